The molecule has 3 rings (SSSR count). The van der Waals surface area contributed by atoms with Gasteiger partial charge < -0.3 is 5.32 Å². The van der Waals surface area contributed by atoms with Crippen molar-refractivity contribution in [3.63, 3.8) is 0 Å². The van der Waals surface area contributed by atoms with Crippen LogP contribution in [0.5, 0.6) is 0 Å². The van der Waals surface area contributed by atoms with Crippen molar-refractivity contribution in [3.8, 4) is 0 Å². The third-order valence-corrected chi connectivity index (χ3v) is 6.12. The van der Waals surface area contributed by atoms with Gasteiger partial charge >= 0.3 is 0 Å². The number of benzene rings is 1. The first-order chi connectivity index (χ1) is 11.7. The average molecular weight is 365 g/mol. The maximum Gasteiger partial charge on any atom is 0.229 e. The van der Waals surface area contributed by atoms with Gasteiger partial charge in [-0.15, -0.1) is 22.0 Å². The number of amides is 1. The highest BCUT2D eigenvalue weighted by Gasteiger charge is 2.22. The lowest BCUT2D eigenvalue weighted by molar-refractivity contribution is -0.120. The second-order valence-electron chi connectivity index (χ2n) is 5.94. The molecule has 1 fully saturated rings. The van der Waals surface area contributed by atoms with Crippen LogP contribution in [0.4, 0.5) is 9.52 Å². The number of rotatable bonds is 6. The number of hydrogen-bond acceptors (Lipinski definition) is 5. The maximum atomic E-state index is 12.9. The zero-order chi connectivity index (χ0) is 16.8. The first-order valence-electron chi connectivity index (χ1n) is 8.16. The Kier molecular flexibility index (Phi) is 6.20. The molecule has 0 atom stereocenters. The van der Waals surface area contributed by atoms with Gasteiger partial charge in [0.1, 0.15) is 10.8 Å². The number of aromatic nitrogens is 2. The van der Waals surface area contributed by atoms with E-state index in [9.17, 15) is 9.18 Å². The summed E-state index contributed by atoms with van der Waals surface area (Å²) < 4.78 is 12.9. The molecule has 128 valence electrons. The molecule has 0 spiro atoms. The summed E-state index contributed by atoms with van der Waals surface area (Å²) in [5.41, 5.74) is 1.08. The van der Waals surface area contributed by atoms with E-state index in [2.05, 4.69) is 15.5 Å². The second kappa shape index (κ2) is 8.58. The summed E-state index contributed by atoms with van der Waals surface area (Å²) in [5, 5.41) is 12.6. The van der Waals surface area contributed by atoms with Gasteiger partial charge in [-0.3, -0.25) is 4.79 Å². The minimum absolute atomic E-state index is 0.0800. The molecule has 7 heteroatoms. The van der Waals surface area contributed by atoms with E-state index >= 15 is 0 Å². The molecule has 1 aromatic carbocycles. The summed E-state index contributed by atoms with van der Waals surface area (Å²) in [7, 11) is 0. The Morgan fingerprint density at radius 2 is 1.92 bits per heavy atom. The summed E-state index contributed by atoms with van der Waals surface area (Å²) in [6.07, 6.45) is 5.47. The molecule has 1 N–H and O–H groups in total. The van der Waals surface area contributed by atoms with Crippen LogP contribution in [0.25, 0.3) is 0 Å². The molecule has 4 nitrogen and oxygen atoms in total. The molecule has 24 heavy (non-hydrogen) atoms. The van der Waals surface area contributed by atoms with Gasteiger partial charge in [0.2, 0.25) is 11.0 Å². The molecule has 0 bridgehead atoms. The highest BCUT2D eigenvalue weighted by molar-refractivity contribution is 7.97. The second-order valence-corrected chi connectivity index (χ2v) is 7.99. The number of hydrogen-bond donors (Lipinski definition) is 1. The third kappa shape index (κ3) is 5.01. The molecule has 1 aliphatic rings. The number of carbonyl (C=O) groups is 1. The van der Waals surface area contributed by atoms with E-state index in [1.54, 1.807) is 23.9 Å². The SMILES string of the molecule is O=C(Nc1nnc(CSCc2ccc(F)cc2)s1)C1CCCCC1. The lowest BCUT2D eigenvalue weighted by Crippen LogP contribution is -2.24. The van der Waals surface area contributed by atoms with Gasteiger partial charge in [-0.05, 0) is 30.5 Å². The van der Waals surface area contributed by atoms with Crippen molar-refractivity contribution in [2.24, 2.45) is 5.92 Å². The van der Waals surface area contributed by atoms with Crippen LogP contribution in [0.2, 0.25) is 0 Å². The van der Waals surface area contributed by atoms with E-state index in [0.29, 0.717) is 5.13 Å². The van der Waals surface area contributed by atoms with E-state index in [-0.39, 0.29) is 17.6 Å². The molecule has 2 aromatic rings. The maximum absolute atomic E-state index is 12.9. The Bertz CT molecular complexity index is 669. The van der Waals surface area contributed by atoms with Gasteiger partial charge in [0, 0.05) is 17.4 Å². The largest absolute Gasteiger partial charge is 0.300 e. The van der Waals surface area contributed by atoms with Crippen molar-refractivity contribution in [1.82, 2.24) is 10.2 Å². The highest BCUT2D eigenvalue weighted by atomic mass is 32.2. The van der Waals surface area contributed by atoms with Crippen LogP contribution in [-0.2, 0) is 16.3 Å². The summed E-state index contributed by atoms with van der Waals surface area (Å²) in [4.78, 5) is 12.2. The van der Waals surface area contributed by atoms with E-state index < -0.39 is 0 Å². The highest BCUT2D eigenvalue weighted by Crippen LogP contribution is 2.27. The number of halogens is 1. The smallest absolute Gasteiger partial charge is 0.229 e. The molecular weight excluding hydrogens is 345 g/mol. The Hall–Kier alpha value is -1.47. The zero-order valence-electron chi connectivity index (χ0n) is 13.3. The van der Waals surface area contributed by atoms with Crippen molar-refractivity contribution in [1.29, 1.82) is 0 Å². The summed E-state index contributed by atoms with van der Waals surface area (Å²) in [5.74, 6) is 1.51. The molecule has 1 aliphatic carbocycles. The monoisotopic (exact) mass is 365 g/mol. The lowest BCUT2D eigenvalue weighted by atomic mass is 9.89. The quantitative estimate of drug-likeness (QED) is 0.811. The van der Waals surface area contributed by atoms with Crippen molar-refractivity contribution in [3.05, 3.63) is 40.7 Å². The molecule has 1 aromatic heterocycles. The number of nitrogens with zero attached hydrogens (tertiary/aromatic N) is 2. The first-order valence-corrected chi connectivity index (χ1v) is 10.1. The van der Waals surface area contributed by atoms with E-state index in [4.69, 9.17) is 0 Å². The Morgan fingerprint density at radius 1 is 1.17 bits per heavy atom. The third-order valence-electron chi connectivity index (χ3n) is 4.08. The predicted molar refractivity (Wildman–Crippen MR) is 96.5 cm³/mol. The minimum atomic E-state index is -0.216. The molecule has 0 aliphatic heterocycles. The van der Waals surface area contributed by atoms with Crippen LogP contribution >= 0.6 is 23.1 Å². The number of carbonyl (C=O) groups excluding carboxylic acids is 1. The molecule has 1 heterocycles. The summed E-state index contributed by atoms with van der Waals surface area (Å²) in [6.45, 7) is 0. The molecule has 1 amide bonds. The van der Waals surface area contributed by atoms with Crippen molar-refractivity contribution >= 4 is 34.1 Å². The molecular formula is C17H20FN3OS2. The van der Waals surface area contributed by atoms with Crippen LogP contribution in [0, 0.1) is 11.7 Å². The van der Waals surface area contributed by atoms with Crippen molar-refractivity contribution in [2.45, 2.75) is 43.6 Å². The predicted octanol–water partition coefficient (Wildman–Crippen LogP) is 4.63. The Balaban J connectivity index is 1.44. The van der Waals surface area contributed by atoms with Crippen LogP contribution in [0.15, 0.2) is 24.3 Å². The summed E-state index contributed by atoms with van der Waals surface area (Å²) >= 11 is 3.13. The van der Waals surface area contributed by atoms with Gasteiger partial charge in [0.15, 0.2) is 0 Å². The van der Waals surface area contributed by atoms with Gasteiger partial charge in [-0.25, -0.2) is 4.39 Å². The standard InChI is InChI=1S/C17H20FN3OS2/c18-14-8-6-12(7-9-14)10-23-11-15-20-21-17(24-15)19-16(22)13-4-2-1-3-5-13/h6-9,13H,1-5,10-11H2,(H,19,21,22). The number of anilines is 1. The Morgan fingerprint density at radius 3 is 2.67 bits per heavy atom. The minimum Gasteiger partial charge on any atom is -0.300 e. The summed E-state index contributed by atoms with van der Waals surface area (Å²) in [6, 6.07) is 6.52. The van der Waals surface area contributed by atoms with Gasteiger partial charge in [-0.1, -0.05) is 42.7 Å². The number of thioether (sulfide) groups is 1. The normalized spacial score (nSPS) is 15.4. The first kappa shape index (κ1) is 17.4. The van der Waals surface area contributed by atoms with E-state index in [1.807, 2.05) is 0 Å². The van der Waals surface area contributed by atoms with Crippen molar-refractivity contribution in [2.75, 3.05) is 5.32 Å². The lowest BCUT2D eigenvalue weighted by Gasteiger charge is -2.19. The van der Waals surface area contributed by atoms with Crippen molar-refractivity contribution < 1.29 is 9.18 Å². The van der Waals surface area contributed by atoms with E-state index in [0.717, 1.165) is 47.8 Å². The Labute approximate surface area is 149 Å². The van der Waals surface area contributed by atoms with Crippen LogP contribution in [-0.4, -0.2) is 16.1 Å². The van der Waals surface area contributed by atoms with E-state index in [1.165, 1.54) is 29.9 Å². The molecule has 1 saturated carbocycles. The fourth-order valence-corrected chi connectivity index (χ4v) is 4.56. The van der Waals surface area contributed by atoms with Crippen LogP contribution in [0.1, 0.15) is 42.7 Å². The molecule has 0 saturated heterocycles. The van der Waals surface area contributed by atoms with Crippen LogP contribution < -0.4 is 5.32 Å². The zero-order valence-corrected chi connectivity index (χ0v) is 15.0. The van der Waals surface area contributed by atoms with Crippen LogP contribution in [0.3, 0.4) is 0 Å². The molecule has 0 radical (unpaired) electrons. The fraction of sp³-hybridized carbons (Fsp3) is 0.471. The average Bonchev–Trinajstić information content (AvgIpc) is 3.05. The fourth-order valence-electron chi connectivity index (χ4n) is 2.77. The number of nitrogens with one attached hydrogen (secondary N) is 1. The van der Waals surface area contributed by atoms with Gasteiger partial charge in [0.25, 0.3) is 0 Å². The molecule has 0 unspecified atom stereocenters. The van der Waals surface area contributed by atoms with Gasteiger partial charge in [-0.2, -0.15) is 0 Å². The topological polar surface area (TPSA) is 54.9 Å². The van der Waals surface area contributed by atoms with Gasteiger partial charge in [0.05, 0.1) is 0 Å².